The van der Waals surface area contributed by atoms with E-state index in [9.17, 15) is 9.90 Å². The van der Waals surface area contributed by atoms with Gasteiger partial charge in [0.05, 0.1) is 11.3 Å². The molecule has 1 aromatic heterocycles. The van der Waals surface area contributed by atoms with Gasteiger partial charge in [-0.1, -0.05) is 0 Å². The fourth-order valence-electron chi connectivity index (χ4n) is 1.07. The van der Waals surface area contributed by atoms with Gasteiger partial charge >= 0.3 is 5.97 Å². The normalized spacial score (nSPS) is 21.2. The molecule has 0 fully saturated rings. The average molecular weight is 178 g/mol. The first-order chi connectivity index (χ1) is 6.27. The van der Waals surface area contributed by atoms with Gasteiger partial charge in [0.25, 0.3) is 0 Å². The first kappa shape index (κ1) is 7.88. The number of esters is 1. The van der Waals surface area contributed by atoms with Crippen LogP contribution in [0.25, 0.3) is 5.57 Å². The number of aliphatic hydroxyl groups excluding tert-OH is 1. The Balaban J connectivity index is 2.37. The van der Waals surface area contributed by atoms with Crippen LogP contribution in [0.3, 0.4) is 0 Å². The number of aliphatic hydroxyl groups is 1. The Kier molecular flexibility index (Phi) is 1.79. The Morgan fingerprint density at radius 3 is 2.92 bits per heavy atom. The lowest BCUT2D eigenvalue weighted by atomic mass is 10.2. The Hall–Kier alpha value is -1.75. The summed E-state index contributed by atoms with van der Waals surface area (Å²) in [6, 6.07) is 1.59. The molecule has 0 bridgehead atoms. The highest BCUT2D eigenvalue weighted by Crippen LogP contribution is 2.21. The minimum Gasteiger partial charge on any atom is -0.428 e. The molecule has 0 spiro atoms. The number of aromatic nitrogens is 2. The van der Waals surface area contributed by atoms with E-state index in [0.29, 0.717) is 11.3 Å². The van der Waals surface area contributed by atoms with Gasteiger partial charge in [-0.15, -0.1) is 0 Å². The van der Waals surface area contributed by atoms with E-state index in [1.54, 1.807) is 6.07 Å². The largest absolute Gasteiger partial charge is 0.428 e. The van der Waals surface area contributed by atoms with Crippen LogP contribution < -0.4 is 0 Å². The van der Waals surface area contributed by atoms with Gasteiger partial charge in [-0.25, -0.2) is 14.8 Å². The molecule has 0 aromatic carbocycles. The van der Waals surface area contributed by atoms with E-state index < -0.39 is 12.3 Å². The minimum absolute atomic E-state index is 0.368. The lowest BCUT2D eigenvalue weighted by molar-refractivity contribution is -0.149. The van der Waals surface area contributed by atoms with Crippen molar-refractivity contribution in [2.24, 2.45) is 0 Å². The third-order valence-electron chi connectivity index (χ3n) is 1.64. The van der Waals surface area contributed by atoms with Crippen LogP contribution in [0, 0.1) is 0 Å². The van der Waals surface area contributed by atoms with Gasteiger partial charge in [0.15, 0.2) is 0 Å². The Labute approximate surface area is 73.7 Å². The van der Waals surface area contributed by atoms with Crippen LogP contribution in [0.5, 0.6) is 0 Å². The van der Waals surface area contributed by atoms with Gasteiger partial charge in [0, 0.05) is 12.3 Å². The zero-order chi connectivity index (χ0) is 9.26. The van der Waals surface area contributed by atoms with Crippen molar-refractivity contribution < 1.29 is 14.6 Å². The molecule has 1 atom stereocenters. The Bertz CT molecular complexity index is 361. The molecule has 13 heavy (non-hydrogen) atoms. The fraction of sp³-hybridized carbons (Fsp3) is 0.125. The van der Waals surface area contributed by atoms with Crippen LogP contribution in [0.15, 0.2) is 24.7 Å². The average Bonchev–Trinajstić information content (AvgIpc) is 2.47. The zero-order valence-corrected chi connectivity index (χ0v) is 6.54. The van der Waals surface area contributed by atoms with Crippen molar-refractivity contribution in [2.45, 2.75) is 6.29 Å². The maximum Gasteiger partial charge on any atom is 0.333 e. The number of hydrogen-bond acceptors (Lipinski definition) is 5. The highest BCUT2D eigenvalue weighted by molar-refractivity contribution is 5.95. The molecule has 1 aliphatic heterocycles. The van der Waals surface area contributed by atoms with E-state index in [1.807, 2.05) is 0 Å². The molecular formula is C8H6N2O3. The molecule has 0 saturated heterocycles. The van der Waals surface area contributed by atoms with Gasteiger partial charge in [-0.3, -0.25) is 0 Å². The second-order valence-electron chi connectivity index (χ2n) is 2.48. The molecule has 1 aliphatic rings. The van der Waals surface area contributed by atoms with E-state index in [1.165, 1.54) is 18.6 Å². The highest BCUT2D eigenvalue weighted by Gasteiger charge is 2.25. The molecule has 1 N–H and O–H groups in total. The van der Waals surface area contributed by atoms with E-state index in [0.717, 1.165) is 0 Å². The first-order valence-corrected chi connectivity index (χ1v) is 3.64. The molecule has 5 nitrogen and oxygen atoms in total. The summed E-state index contributed by atoms with van der Waals surface area (Å²) in [5.41, 5.74) is 0.862. The number of ether oxygens (including phenoxy) is 1. The van der Waals surface area contributed by atoms with Gasteiger partial charge in [0.2, 0.25) is 6.29 Å². The molecule has 1 unspecified atom stereocenters. The summed E-state index contributed by atoms with van der Waals surface area (Å²) in [5, 5.41) is 9.24. The van der Waals surface area contributed by atoms with Gasteiger partial charge < -0.3 is 9.84 Å². The number of carbonyl (C=O) groups excluding carboxylic acids is 1. The second-order valence-corrected chi connectivity index (χ2v) is 2.48. The predicted octanol–water partition coefficient (Wildman–Crippen LogP) is -0.265. The minimum atomic E-state index is -1.21. The lowest BCUT2D eigenvalue weighted by Crippen LogP contribution is -2.09. The zero-order valence-electron chi connectivity index (χ0n) is 6.54. The van der Waals surface area contributed by atoms with Crippen molar-refractivity contribution in [3.63, 3.8) is 0 Å². The van der Waals surface area contributed by atoms with Gasteiger partial charge in [-0.05, 0) is 6.07 Å². The summed E-state index contributed by atoms with van der Waals surface area (Å²) in [6.45, 7) is 0. The highest BCUT2D eigenvalue weighted by atomic mass is 16.6. The molecule has 0 amide bonds. The van der Waals surface area contributed by atoms with Crippen molar-refractivity contribution in [3.8, 4) is 0 Å². The van der Waals surface area contributed by atoms with Crippen molar-refractivity contribution in [1.82, 2.24) is 9.97 Å². The number of nitrogens with zero attached hydrogens (tertiary/aromatic N) is 2. The fourth-order valence-corrected chi connectivity index (χ4v) is 1.07. The third-order valence-corrected chi connectivity index (χ3v) is 1.64. The first-order valence-electron chi connectivity index (χ1n) is 3.64. The Morgan fingerprint density at radius 1 is 1.54 bits per heavy atom. The van der Waals surface area contributed by atoms with Crippen LogP contribution >= 0.6 is 0 Å². The molecule has 2 heterocycles. The maximum absolute atomic E-state index is 10.7. The summed E-state index contributed by atoms with van der Waals surface area (Å²) >= 11 is 0. The van der Waals surface area contributed by atoms with E-state index in [4.69, 9.17) is 0 Å². The number of hydrogen-bond donors (Lipinski definition) is 1. The molecule has 5 heteroatoms. The molecule has 0 aliphatic carbocycles. The number of rotatable bonds is 1. The summed E-state index contributed by atoms with van der Waals surface area (Å²) < 4.78 is 4.49. The summed E-state index contributed by atoms with van der Waals surface area (Å²) in [4.78, 5) is 18.3. The van der Waals surface area contributed by atoms with E-state index in [-0.39, 0.29) is 0 Å². The molecule has 1 aromatic rings. The maximum atomic E-state index is 10.7. The third kappa shape index (κ3) is 1.41. The van der Waals surface area contributed by atoms with Crippen LogP contribution in [0.2, 0.25) is 0 Å². The SMILES string of the molecule is O=C1C=C(c2ccncn2)C(O)O1. The van der Waals surface area contributed by atoms with Crippen molar-refractivity contribution in [3.05, 3.63) is 30.4 Å². The van der Waals surface area contributed by atoms with Gasteiger partial charge in [-0.2, -0.15) is 0 Å². The molecule has 0 radical (unpaired) electrons. The second kappa shape index (κ2) is 2.95. The van der Waals surface area contributed by atoms with Crippen LogP contribution in [0.4, 0.5) is 0 Å². The molecule has 2 rings (SSSR count). The van der Waals surface area contributed by atoms with Gasteiger partial charge in [0.1, 0.15) is 6.33 Å². The monoisotopic (exact) mass is 178 g/mol. The van der Waals surface area contributed by atoms with Crippen molar-refractivity contribution >= 4 is 11.5 Å². The van der Waals surface area contributed by atoms with Crippen molar-refractivity contribution in [2.75, 3.05) is 0 Å². The smallest absolute Gasteiger partial charge is 0.333 e. The number of carbonyl (C=O) groups is 1. The predicted molar refractivity (Wildman–Crippen MR) is 42.1 cm³/mol. The summed E-state index contributed by atoms with van der Waals surface area (Å²) in [7, 11) is 0. The quantitative estimate of drug-likeness (QED) is 0.599. The summed E-state index contributed by atoms with van der Waals surface area (Å²) in [6.07, 6.45) is 2.87. The van der Waals surface area contributed by atoms with E-state index in [2.05, 4.69) is 14.7 Å². The molecular weight excluding hydrogens is 172 g/mol. The summed E-state index contributed by atoms with van der Waals surface area (Å²) in [5.74, 6) is -0.555. The topological polar surface area (TPSA) is 72.3 Å². The van der Waals surface area contributed by atoms with Crippen molar-refractivity contribution in [1.29, 1.82) is 0 Å². The van der Waals surface area contributed by atoms with Crippen LogP contribution in [-0.4, -0.2) is 27.3 Å². The Morgan fingerprint density at radius 2 is 2.38 bits per heavy atom. The standard InChI is InChI=1S/C8H6N2O3/c11-7-3-5(8(12)13-7)6-1-2-9-4-10-6/h1-4,8,12H. The molecule has 66 valence electrons. The van der Waals surface area contributed by atoms with Crippen LogP contribution in [0.1, 0.15) is 5.69 Å². The lowest BCUT2D eigenvalue weighted by Gasteiger charge is -2.05. The van der Waals surface area contributed by atoms with E-state index >= 15 is 0 Å². The molecule has 0 saturated carbocycles. The number of cyclic esters (lactones) is 1. The van der Waals surface area contributed by atoms with Crippen LogP contribution in [-0.2, 0) is 9.53 Å².